The summed E-state index contributed by atoms with van der Waals surface area (Å²) in [6.45, 7) is 3.72. The normalized spacial score (nSPS) is 10.7. The van der Waals surface area contributed by atoms with Gasteiger partial charge in [0, 0.05) is 5.56 Å². The fraction of sp³-hybridized carbons (Fsp3) is 0.273. The number of carbonyl (C=O) groups excluding carboxylic acids is 1. The number of methoxy groups -OCH3 is 1. The van der Waals surface area contributed by atoms with Gasteiger partial charge in [0.15, 0.2) is 12.4 Å². The van der Waals surface area contributed by atoms with Crippen LogP contribution in [-0.4, -0.2) is 26.3 Å². The van der Waals surface area contributed by atoms with Crippen molar-refractivity contribution in [2.75, 3.05) is 20.3 Å². The molecular formula is C22H22O6. The van der Waals surface area contributed by atoms with Crippen LogP contribution in [0.3, 0.4) is 0 Å². The zero-order chi connectivity index (χ0) is 20.1. The SMILES string of the molecule is CCCOC(=O)COc1c(-c2ccc(OC)cc2)oc2ccc(C)cc2c1=O. The average molecular weight is 382 g/mol. The maximum absolute atomic E-state index is 13.1. The third-order valence-corrected chi connectivity index (χ3v) is 4.16. The summed E-state index contributed by atoms with van der Waals surface area (Å²) >= 11 is 0. The van der Waals surface area contributed by atoms with Crippen LogP contribution in [-0.2, 0) is 9.53 Å². The zero-order valence-corrected chi connectivity index (χ0v) is 16.1. The van der Waals surface area contributed by atoms with Gasteiger partial charge in [-0.1, -0.05) is 18.6 Å². The second kappa shape index (κ2) is 8.61. The lowest BCUT2D eigenvalue weighted by molar-refractivity contribution is -0.146. The monoisotopic (exact) mass is 382 g/mol. The molecule has 0 bridgehead atoms. The van der Waals surface area contributed by atoms with Gasteiger partial charge in [0.2, 0.25) is 11.2 Å². The molecule has 0 saturated carbocycles. The van der Waals surface area contributed by atoms with Gasteiger partial charge in [-0.05, 0) is 49.7 Å². The molecule has 3 rings (SSSR count). The molecule has 0 aliphatic heterocycles. The molecular weight excluding hydrogens is 360 g/mol. The number of hydrogen-bond donors (Lipinski definition) is 0. The Morgan fingerprint density at radius 1 is 1.11 bits per heavy atom. The standard InChI is InChI=1S/C22H22O6/c1-4-11-26-19(23)13-27-22-20(24)17-12-14(2)5-10-18(17)28-21(22)15-6-8-16(25-3)9-7-15/h5-10,12H,4,11,13H2,1-3H3. The summed E-state index contributed by atoms with van der Waals surface area (Å²) < 4.78 is 21.8. The van der Waals surface area contributed by atoms with Gasteiger partial charge in [-0.15, -0.1) is 0 Å². The van der Waals surface area contributed by atoms with E-state index >= 15 is 0 Å². The highest BCUT2D eigenvalue weighted by atomic mass is 16.6. The Morgan fingerprint density at radius 3 is 2.54 bits per heavy atom. The molecule has 6 nitrogen and oxygen atoms in total. The minimum Gasteiger partial charge on any atom is -0.497 e. The molecule has 0 N–H and O–H groups in total. The topological polar surface area (TPSA) is 75.0 Å². The molecule has 0 spiro atoms. The van der Waals surface area contributed by atoms with E-state index in [4.69, 9.17) is 18.6 Å². The van der Waals surface area contributed by atoms with E-state index in [1.807, 2.05) is 19.9 Å². The van der Waals surface area contributed by atoms with Crippen molar-refractivity contribution in [3.05, 3.63) is 58.3 Å². The molecule has 28 heavy (non-hydrogen) atoms. The van der Waals surface area contributed by atoms with Crippen LogP contribution in [0.5, 0.6) is 11.5 Å². The van der Waals surface area contributed by atoms with Gasteiger partial charge < -0.3 is 18.6 Å². The summed E-state index contributed by atoms with van der Waals surface area (Å²) in [5.41, 5.74) is 1.67. The quantitative estimate of drug-likeness (QED) is 0.573. The molecule has 1 heterocycles. The second-order valence-electron chi connectivity index (χ2n) is 6.33. The number of esters is 1. The Balaban J connectivity index is 2.07. The van der Waals surface area contributed by atoms with E-state index < -0.39 is 5.97 Å². The van der Waals surface area contributed by atoms with Gasteiger partial charge in [0.25, 0.3) is 0 Å². The van der Waals surface area contributed by atoms with Crippen molar-refractivity contribution in [2.45, 2.75) is 20.3 Å². The molecule has 6 heteroatoms. The molecule has 0 fully saturated rings. The highest BCUT2D eigenvalue weighted by Gasteiger charge is 2.19. The smallest absolute Gasteiger partial charge is 0.344 e. The molecule has 146 valence electrons. The maximum Gasteiger partial charge on any atom is 0.344 e. The van der Waals surface area contributed by atoms with Crippen LogP contribution in [0.2, 0.25) is 0 Å². The van der Waals surface area contributed by atoms with Crippen molar-refractivity contribution in [3.8, 4) is 22.8 Å². The lowest BCUT2D eigenvalue weighted by atomic mass is 10.1. The Bertz CT molecular complexity index is 1030. The Kier molecular flexibility index (Phi) is 5.99. The van der Waals surface area contributed by atoms with Crippen molar-refractivity contribution in [2.24, 2.45) is 0 Å². The minimum atomic E-state index is -0.536. The summed E-state index contributed by atoms with van der Waals surface area (Å²) in [7, 11) is 1.57. The van der Waals surface area contributed by atoms with Crippen LogP contribution in [0.4, 0.5) is 0 Å². The fourth-order valence-electron chi connectivity index (χ4n) is 2.74. The Labute approximate surface area is 162 Å². The van der Waals surface area contributed by atoms with E-state index in [-0.39, 0.29) is 23.5 Å². The van der Waals surface area contributed by atoms with Crippen molar-refractivity contribution in [1.82, 2.24) is 0 Å². The molecule has 1 aromatic heterocycles. The molecule has 0 unspecified atom stereocenters. The van der Waals surface area contributed by atoms with E-state index in [9.17, 15) is 9.59 Å². The predicted molar refractivity (Wildman–Crippen MR) is 106 cm³/mol. The van der Waals surface area contributed by atoms with Gasteiger partial charge in [-0.25, -0.2) is 4.79 Å². The fourth-order valence-corrected chi connectivity index (χ4v) is 2.74. The molecule has 2 aromatic carbocycles. The molecule has 0 aliphatic rings. The Morgan fingerprint density at radius 2 is 1.86 bits per heavy atom. The lowest BCUT2D eigenvalue weighted by Crippen LogP contribution is -2.19. The number of hydrogen-bond acceptors (Lipinski definition) is 6. The lowest BCUT2D eigenvalue weighted by Gasteiger charge is -2.12. The van der Waals surface area contributed by atoms with Crippen molar-refractivity contribution < 1.29 is 23.4 Å². The van der Waals surface area contributed by atoms with Crippen LogP contribution >= 0.6 is 0 Å². The summed E-state index contributed by atoms with van der Waals surface area (Å²) in [5.74, 6) is 0.378. The van der Waals surface area contributed by atoms with Gasteiger partial charge in [0.1, 0.15) is 11.3 Å². The van der Waals surface area contributed by atoms with Gasteiger partial charge in [-0.3, -0.25) is 4.79 Å². The molecule has 3 aromatic rings. The van der Waals surface area contributed by atoms with E-state index in [1.165, 1.54) is 0 Å². The van der Waals surface area contributed by atoms with Crippen LogP contribution in [0.1, 0.15) is 18.9 Å². The molecule has 0 atom stereocenters. The van der Waals surface area contributed by atoms with Crippen LogP contribution < -0.4 is 14.9 Å². The van der Waals surface area contributed by atoms with E-state index in [0.29, 0.717) is 35.3 Å². The Hall–Kier alpha value is -3.28. The van der Waals surface area contributed by atoms with Crippen LogP contribution in [0.25, 0.3) is 22.3 Å². The average Bonchev–Trinajstić information content (AvgIpc) is 2.72. The van der Waals surface area contributed by atoms with Crippen molar-refractivity contribution >= 4 is 16.9 Å². The largest absolute Gasteiger partial charge is 0.497 e. The molecule has 0 amide bonds. The number of fused-ring (bicyclic) bond motifs is 1. The zero-order valence-electron chi connectivity index (χ0n) is 16.1. The minimum absolute atomic E-state index is 0.0169. The van der Waals surface area contributed by atoms with Crippen molar-refractivity contribution in [3.63, 3.8) is 0 Å². The van der Waals surface area contributed by atoms with E-state index in [1.54, 1.807) is 43.5 Å². The van der Waals surface area contributed by atoms with Crippen LogP contribution in [0, 0.1) is 6.92 Å². The summed E-state index contributed by atoms with van der Waals surface area (Å²) in [6, 6.07) is 12.4. The number of rotatable bonds is 7. The van der Waals surface area contributed by atoms with Crippen molar-refractivity contribution in [1.29, 1.82) is 0 Å². The first-order valence-corrected chi connectivity index (χ1v) is 9.03. The first-order chi connectivity index (χ1) is 13.5. The number of ether oxygens (including phenoxy) is 3. The highest BCUT2D eigenvalue weighted by Crippen LogP contribution is 2.32. The predicted octanol–water partition coefficient (Wildman–Crippen LogP) is 4.11. The number of aryl methyl sites for hydroxylation is 1. The van der Waals surface area contributed by atoms with E-state index in [2.05, 4.69) is 0 Å². The summed E-state index contributed by atoms with van der Waals surface area (Å²) in [6.07, 6.45) is 0.709. The van der Waals surface area contributed by atoms with Crippen LogP contribution in [0.15, 0.2) is 51.7 Å². The number of carbonyl (C=O) groups is 1. The van der Waals surface area contributed by atoms with Gasteiger partial charge in [0.05, 0.1) is 19.1 Å². The third-order valence-electron chi connectivity index (χ3n) is 4.16. The molecule has 0 radical (unpaired) electrons. The first-order valence-electron chi connectivity index (χ1n) is 9.03. The molecule has 0 saturated heterocycles. The third kappa shape index (κ3) is 4.17. The molecule has 0 aliphatic carbocycles. The maximum atomic E-state index is 13.1. The second-order valence-corrected chi connectivity index (χ2v) is 6.33. The highest BCUT2D eigenvalue weighted by molar-refractivity contribution is 5.83. The summed E-state index contributed by atoms with van der Waals surface area (Å²) in [5, 5.41) is 0.397. The number of benzene rings is 2. The van der Waals surface area contributed by atoms with E-state index in [0.717, 1.165) is 5.56 Å². The first kappa shape index (κ1) is 19.5. The van der Waals surface area contributed by atoms with Gasteiger partial charge in [-0.2, -0.15) is 0 Å². The summed E-state index contributed by atoms with van der Waals surface area (Å²) in [4.78, 5) is 24.9. The van der Waals surface area contributed by atoms with Gasteiger partial charge >= 0.3 is 5.97 Å².